The lowest BCUT2D eigenvalue weighted by Gasteiger charge is -2.29. The van der Waals surface area contributed by atoms with Gasteiger partial charge in [0, 0.05) is 31.2 Å². The number of rotatable bonds is 6. The number of nitrogens with zero attached hydrogens (tertiary/aromatic N) is 2. The van der Waals surface area contributed by atoms with E-state index in [2.05, 4.69) is 0 Å². The summed E-state index contributed by atoms with van der Waals surface area (Å²) in [7, 11) is 1.33. The minimum atomic E-state index is -0.425. The van der Waals surface area contributed by atoms with Gasteiger partial charge in [0.05, 0.1) is 18.6 Å². The van der Waals surface area contributed by atoms with Gasteiger partial charge >= 0.3 is 5.97 Å². The standard InChI is InChI=1S/C23H26N2O4/c1-16(2)24(14-17-7-5-4-6-8-17)22(27)19-13-21(26)25(15-19)20-11-9-18(10-12-20)23(28)29-3/h4-12,16,19H,13-15H2,1-3H3. The van der Waals surface area contributed by atoms with Crippen LogP contribution in [0.3, 0.4) is 0 Å². The number of carbonyl (C=O) groups is 3. The fourth-order valence-electron chi connectivity index (χ4n) is 3.55. The minimum Gasteiger partial charge on any atom is -0.465 e. The second kappa shape index (κ2) is 8.90. The van der Waals surface area contributed by atoms with Crippen LogP contribution in [0.25, 0.3) is 0 Å². The topological polar surface area (TPSA) is 66.9 Å². The Labute approximate surface area is 171 Å². The van der Waals surface area contributed by atoms with Gasteiger partial charge in [0.25, 0.3) is 0 Å². The molecule has 0 aliphatic carbocycles. The lowest BCUT2D eigenvalue weighted by atomic mass is 10.1. The van der Waals surface area contributed by atoms with E-state index in [1.54, 1.807) is 29.2 Å². The number of esters is 1. The summed E-state index contributed by atoms with van der Waals surface area (Å²) < 4.78 is 4.70. The molecule has 1 unspecified atom stereocenters. The first-order chi connectivity index (χ1) is 13.9. The summed E-state index contributed by atoms with van der Waals surface area (Å²) in [6, 6.07) is 16.6. The number of ether oxygens (including phenoxy) is 1. The van der Waals surface area contributed by atoms with Crippen LogP contribution < -0.4 is 4.90 Å². The van der Waals surface area contributed by atoms with Crippen molar-refractivity contribution in [1.29, 1.82) is 0 Å². The van der Waals surface area contributed by atoms with Crippen LogP contribution in [0.4, 0.5) is 5.69 Å². The third-order valence-corrected chi connectivity index (χ3v) is 5.18. The summed E-state index contributed by atoms with van der Waals surface area (Å²) in [6.45, 7) is 4.84. The fourth-order valence-corrected chi connectivity index (χ4v) is 3.55. The van der Waals surface area contributed by atoms with Crippen LogP contribution in [0.15, 0.2) is 54.6 Å². The molecule has 0 radical (unpaired) electrons. The number of anilines is 1. The Kier molecular flexibility index (Phi) is 6.32. The molecule has 2 aromatic carbocycles. The third-order valence-electron chi connectivity index (χ3n) is 5.18. The second-order valence-corrected chi connectivity index (χ2v) is 7.49. The lowest BCUT2D eigenvalue weighted by Crippen LogP contribution is -2.41. The molecule has 1 aliphatic heterocycles. The van der Waals surface area contributed by atoms with Crippen molar-refractivity contribution in [2.75, 3.05) is 18.6 Å². The van der Waals surface area contributed by atoms with Crippen molar-refractivity contribution in [3.8, 4) is 0 Å². The molecule has 2 aromatic rings. The Morgan fingerprint density at radius 1 is 1.10 bits per heavy atom. The molecule has 1 heterocycles. The number of amides is 2. The smallest absolute Gasteiger partial charge is 0.337 e. The van der Waals surface area contributed by atoms with Crippen molar-refractivity contribution in [3.05, 3.63) is 65.7 Å². The number of carbonyl (C=O) groups excluding carboxylic acids is 3. The van der Waals surface area contributed by atoms with Crippen molar-refractivity contribution in [1.82, 2.24) is 4.90 Å². The molecule has 1 atom stereocenters. The van der Waals surface area contributed by atoms with Crippen LogP contribution in [0.2, 0.25) is 0 Å². The van der Waals surface area contributed by atoms with E-state index in [9.17, 15) is 14.4 Å². The molecule has 3 rings (SSSR count). The Morgan fingerprint density at radius 2 is 1.76 bits per heavy atom. The van der Waals surface area contributed by atoms with Gasteiger partial charge in [0.2, 0.25) is 11.8 Å². The van der Waals surface area contributed by atoms with E-state index in [4.69, 9.17) is 4.74 Å². The summed E-state index contributed by atoms with van der Waals surface area (Å²) in [4.78, 5) is 40.8. The largest absolute Gasteiger partial charge is 0.465 e. The zero-order valence-corrected chi connectivity index (χ0v) is 17.0. The van der Waals surface area contributed by atoms with Gasteiger partial charge in [-0.2, -0.15) is 0 Å². The summed E-state index contributed by atoms with van der Waals surface area (Å²) >= 11 is 0. The Balaban J connectivity index is 1.72. The van der Waals surface area contributed by atoms with E-state index in [0.717, 1.165) is 5.56 Å². The summed E-state index contributed by atoms with van der Waals surface area (Å²) in [5.41, 5.74) is 2.16. The first kappa shape index (κ1) is 20.6. The van der Waals surface area contributed by atoms with Gasteiger partial charge in [-0.25, -0.2) is 4.79 Å². The van der Waals surface area contributed by atoms with Crippen LogP contribution in [-0.2, 0) is 20.9 Å². The molecule has 1 aliphatic rings. The molecule has 29 heavy (non-hydrogen) atoms. The van der Waals surface area contributed by atoms with E-state index >= 15 is 0 Å². The second-order valence-electron chi connectivity index (χ2n) is 7.49. The maximum absolute atomic E-state index is 13.2. The third kappa shape index (κ3) is 4.65. The van der Waals surface area contributed by atoms with E-state index in [0.29, 0.717) is 24.3 Å². The lowest BCUT2D eigenvalue weighted by molar-refractivity contribution is -0.138. The highest BCUT2D eigenvalue weighted by atomic mass is 16.5. The summed E-state index contributed by atoms with van der Waals surface area (Å²) in [5.74, 6) is -0.900. The van der Waals surface area contributed by atoms with E-state index in [1.165, 1.54) is 7.11 Å². The molecule has 0 bridgehead atoms. The predicted molar refractivity (Wildman–Crippen MR) is 110 cm³/mol. The molecular formula is C23H26N2O4. The highest BCUT2D eigenvalue weighted by molar-refractivity contribution is 6.00. The normalized spacial score (nSPS) is 16.2. The quantitative estimate of drug-likeness (QED) is 0.706. The SMILES string of the molecule is COC(=O)c1ccc(N2CC(C(=O)N(Cc3ccccc3)C(C)C)CC2=O)cc1. The minimum absolute atomic E-state index is 0.00844. The van der Waals surface area contributed by atoms with Gasteiger partial charge in [0.15, 0.2) is 0 Å². The van der Waals surface area contributed by atoms with Crippen LogP contribution in [-0.4, -0.2) is 42.4 Å². The Morgan fingerprint density at radius 3 is 2.34 bits per heavy atom. The molecule has 0 spiro atoms. The molecule has 0 saturated carbocycles. The number of benzene rings is 2. The van der Waals surface area contributed by atoms with Crippen LogP contribution in [0.5, 0.6) is 0 Å². The number of hydrogen-bond acceptors (Lipinski definition) is 4. The van der Waals surface area contributed by atoms with Crippen LogP contribution in [0, 0.1) is 5.92 Å². The first-order valence-corrected chi connectivity index (χ1v) is 9.74. The van der Waals surface area contributed by atoms with Crippen LogP contribution >= 0.6 is 0 Å². The zero-order chi connectivity index (χ0) is 21.0. The van der Waals surface area contributed by atoms with E-state index in [1.807, 2.05) is 49.1 Å². The van der Waals surface area contributed by atoms with E-state index in [-0.39, 0.29) is 30.2 Å². The van der Waals surface area contributed by atoms with Gasteiger partial charge in [-0.15, -0.1) is 0 Å². The Bertz CT molecular complexity index is 878. The molecule has 1 fully saturated rings. The fraction of sp³-hybridized carbons (Fsp3) is 0.348. The van der Waals surface area contributed by atoms with E-state index < -0.39 is 5.97 Å². The molecule has 6 heteroatoms. The monoisotopic (exact) mass is 394 g/mol. The molecule has 1 saturated heterocycles. The van der Waals surface area contributed by atoms with Gasteiger partial charge in [-0.05, 0) is 43.7 Å². The van der Waals surface area contributed by atoms with Crippen LogP contribution in [0.1, 0.15) is 36.2 Å². The molecule has 152 valence electrons. The number of hydrogen-bond donors (Lipinski definition) is 0. The average molecular weight is 394 g/mol. The first-order valence-electron chi connectivity index (χ1n) is 9.74. The Hall–Kier alpha value is -3.15. The van der Waals surface area contributed by atoms with Crippen molar-refractivity contribution < 1.29 is 19.1 Å². The van der Waals surface area contributed by atoms with Gasteiger partial charge in [-0.1, -0.05) is 30.3 Å². The average Bonchev–Trinajstić information content (AvgIpc) is 3.13. The van der Waals surface area contributed by atoms with Crippen molar-refractivity contribution in [2.45, 2.75) is 32.9 Å². The van der Waals surface area contributed by atoms with Gasteiger partial charge < -0.3 is 14.5 Å². The predicted octanol–water partition coefficient (Wildman–Crippen LogP) is 3.26. The highest BCUT2D eigenvalue weighted by Gasteiger charge is 2.37. The molecule has 6 nitrogen and oxygen atoms in total. The molecule has 2 amide bonds. The van der Waals surface area contributed by atoms with Gasteiger partial charge in [-0.3, -0.25) is 9.59 Å². The maximum Gasteiger partial charge on any atom is 0.337 e. The zero-order valence-electron chi connectivity index (χ0n) is 17.0. The van der Waals surface area contributed by atoms with Crippen molar-refractivity contribution in [3.63, 3.8) is 0 Å². The molecule has 0 aromatic heterocycles. The maximum atomic E-state index is 13.2. The van der Waals surface area contributed by atoms with Gasteiger partial charge in [0.1, 0.15) is 0 Å². The highest BCUT2D eigenvalue weighted by Crippen LogP contribution is 2.28. The number of methoxy groups -OCH3 is 1. The summed E-state index contributed by atoms with van der Waals surface area (Å²) in [5, 5.41) is 0. The molecule has 0 N–H and O–H groups in total. The summed E-state index contributed by atoms with van der Waals surface area (Å²) in [6.07, 6.45) is 0.190. The molecular weight excluding hydrogens is 368 g/mol. The van der Waals surface area contributed by atoms with Crippen molar-refractivity contribution >= 4 is 23.5 Å². The van der Waals surface area contributed by atoms with Crippen molar-refractivity contribution in [2.24, 2.45) is 5.92 Å².